The largest absolute Gasteiger partial charge is 0.492 e. The molecule has 4 bridgehead atoms. The summed E-state index contributed by atoms with van der Waals surface area (Å²) in [6, 6.07) is 20.9. The number of fused-ring (bicyclic) bond motifs is 7. The van der Waals surface area contributed by atoms with Gasteiger partial charge in [0.05, 0.1) is 34.3 Å². The second kappa shape index (κ2) is 22.5. The highest BCUT2D eigenvalue weighted by Crippen LogP contribution is 2.53. The van der Waals surface area contributed by atoms with Gasteiger partial charge in [-0.15, -0.1) is 11.3 Å². The lowest BCUT2D eigenvalue weighted by atomic mass is 9.92. The fourth-order valence-electron chi connectivity index (χ4n) is 9.30. The first kappa shape index (κ1) is 50.4. The van der Waals surface area contributed by atoms with Gasteiger partial charge in [-0.25, -0.2) is 29.1 Å². The molecule has 2 fully saturated rings. The first-order valence-electron chi connectivity index (χ1n) is 24.2. The van der Waals surface area contributed by atoms with Crippen LogP contribution in [0.1, 0.15) is 22.4 Å². The van der Waals surface area contributed by atoms with Crippen molar-refractivity contribution in [3.05, 3.63) is 124 Å². The number of hydrogen-bond acceptors (Lipinski definition) is 15. The zero-order chi connectivity index (χ0) is 50.6. The maximum atomic E-state index is 14.4. The number of aliphatic carboxylic acids is 1. The zero-order valence-electron chi connectivity index (χ0n) is 40.6. The number of piperazine rings is 1. The van der Waals surface area contributed by atoms with Gasteiger partial charge in [-0.1, -0.05) is 35.3 Å². The standard InChI is InChI=1S/C54H54Cl2FN7O8S/c1-32-44-33(2)48(56)49(47(32)55)71-41(28-64-18-16-62(3)17-19-64)30-69-40-12-13-42(70-29-38-14-15-58-51(61-38)35-6-10-39(11-7-35)68-25-22-63-20-23-67-24-21-63)36(26-40)27-43(54(65)66)72-52-46-45(44)50(73-53(46)60-31-59-52)34-4-8-37(57)9-5-34/h4-15,26,31,41,43H,16-25,27-30H2,1-3H3,(H,65,66)/t41-,43-/m1/s1. The Hall–Kier alpha value is -6.18. The molecule has 0 amide bonds. The van der Waals surface area contributed by atoms with Crippen LogP contribution in [0.25, 0.3) is 43.2 Å². The van der Waals surface area contributed by atoms with E-state index in [1.807, 2.05) is 38.1 Å². The van der Waals surface area contributed by atoms with Gasteiger partial charge in [0.1, 0.15) is 60.1 Å². The van der Waals surface area contributed by atoms with Crippen LogP contribution in [0, 0.1) is 19.7 Å². The molecule has 0 radical (unpaired) electrons. The van der Waals surface area contributed by atoms with Crippen molar-refractivity contribution in [2.45, 2.75) is 39.1 Å². The van der Waals surface area contributed by atoms with Crippen molar-refractivity contribution in [2.24, 2.45) is 0 Å². The molecule has 380 valence electrons. The van der Waals surface area contributed by atoms with Gasteiger partial charge in [0.2, 0.25) is 12.0 Å². The number of aromatic nitrogens is 4. The van der Waals surface area contributed by atoms with E-state index < -0.39 is 24.0 Å². The normalized spacial score (nSPS) is 17.9. The monoisotopic (exact) mass is 1050 g/mol. The molecule has 0 unspecified atom stereocenters. The van der Waals surface area contributed by atoms with Crippen LogP contribution in [0.5, 0.6) is 28.9 Å². The van der Waals surface area contributed by atoms with Gasteiger partial charge in [0, 0.05) is 86.5 Å². The molecule has 0 saturated carbocycles. The lowest BCUT2D eigenvalue weighted by Crippen LogP contribution is -2.49. The summed E-state index contributed by atoms with van der Waals surface area (Å²) < 4.78 is 52.3. The Morgan fingerprint density at radius 3 is 2.33 bits per heavy atom. The number of morpholine rings is 1. The second-order valence-electron chi connectivity index (χ2n) is 18.3. The van der Waals surface area contributed by atoms with Crippen molar-refractivity contribution < 1.29 is 42.7 Å². The van der Waals surface area contributed by atoms with E-state index in [1.165, 1.54) is 29.8 Å². The summed E-state index contributed by atoms with van der Waals surface area (Å²) in [5, 5.41) is 12.0. The molecular formula is C54H54Cl2FN7O8S. The van der Waals surface area contributed by atoms with Crippen LogP contribution in [-0.2, 0) is 22.6 Å². The third-order valence-electron chi connectivity index (χ3n) is 13.3. The molecule has 11 rings (SSSR count). The summed E-state index contributed by atoms with van der Waals surface area (Å²) in [7, 11) is 2.10. The Kier molecular flexibility index (Phi) is 15.5. The van der Waals surface area contributed by atoms with Crippen LogP contribution in [-0.4, -0.2) is 144 Å². The van der Waals surface area contributed by atoms with E-state index in [0.717, 1.165) is 70.3 Å². The first-order valence-corrected chi connectivity index (χ1v) is 25.8. The smallest absolute Gasteiger partial charge is 0.345 e. The minimum absolute atomic E-state index is 0.0240. The van der Waals surface area contributed by atoms with E-state index in [9.17, 15) is 14.3 Å². The van der Waals surface area contributed by atoms with Gasteiger partial charge in [-0.2, -0.15) is 0 Å². The Bertz CT molecular complexity index is 3070. The molecule has 4 aromatic carbocycles. The summed E-state index contributed by atoms with van der Waals surface area (Å²) in [4.78, 5) is 40.1. The Labute approximate surface area is 436 Å². The van der Waals surface area contributed by atoms with Gasteiger partial charge < -0.3 is 38.4 Å². The van der Waals surface area contributed by atoms with Crippen molar-refractivity contribution >= 4 is 50.7 Å². The summed E-state index contributed by atoms with van der Waals surface area (Å²) >= 11 is 16.0. The maximum Gasteiger partial charge on any atom is 0.345 e. The highest BCUT2D eigenvalue weighted by Gasteiger charge is 2.32. The number of ether oxygens (including phenoxy) is 6. The molecule has 3 aromatic heterocycles. The van der Waals surface area contributed by atoms with Gasteiger partial charge in [0.25, 0.3) is 0 Å². The number of carbonyl (C=O) groups is 1. The summed E-state index contributed by atoms with van der Waals surface area (Å²) in [6.45, 7) is 12.6. The molecule has 7 heterocycles. The maximum absolute atomic E-state index is 14.4. The Morgan fingerprint density at radius 2 is 1.59 bits per heavy atom. The fraction of sp³-hybridized carbons (Fsp3) is 0.352. The van der Waals surface area contributed by atoms with Gasteiger partial charge in [-0.3, -0.25) is 9.80 Å². The van der Waals surface area contributed by atoms with Crippen LogP contribution in [0.2, 0.25) is 10.0 Å². The Balaban J connectivity index is 0.993. The lowest BCUT2D eigenvalue weighted by molar-refractivity contribution is -0.145. The number of carboxylic acid groups (broad SMARTS) is 1. The van der Waals surface area contributed by atoms with Crippen molar-refractivity contribution in [3.63, 3.8) is 0 Å². The number of nitrogens with zero attached hydrogens (tertiary/aromatic N) is 7. The summed E-state index contributed by atoms with van der Waals surface area (Å²) in [6.07, 6.45) is 0.840. The van der Waals surface area contributed by atoms with Crippen LogP contribution in [0.3, 0.4) is 0 Å². The van der Waals surface area contributed by atoms with Gasteiger partial charge in [-0.05, 0) is 104 Å². The lowest BCUT2D eigenvalue weighted by Gasteiger charge is -2.35. The van der Waals surface area contributed by atoms with Crippen molar-refractivity contribution in [1.29, 1.82) is 0 Å². The molecular weight excluding hydrogens is 997 g/mol. The van der Waals surface area contributed by atoms with Crippen molar-refractivity contribution in [3.8, 4) is 61.8 Å². The third kappa shape index (κ3) is 11.5. The van der Waals surface area contributed by atoms with Crippen molar-refractivity contribution in [1.82, 2.24) is 34.6 Å². The average Bonchev–Trinajstić information content (AvgIpc) is 3.79. The van der Waals surface area contributed by atoms with Crippen LogP contribution >= 0.6 is 34.5 Å². The highest BCUT2D eigenvalue weighted by atomic mass is 35.5. The fourth-order valence-corrected chi connectivity index (χ4v) is 11.0. The summed E-state index contributed by atoms with van der Waals surface area (Å²) in [5.41, 5.74) is 5.16. The van der Waals surface area contributed by atoms with Crippen LogP contribution in [0.15, 0.2) is 85.3 Å². The molecule has 2 atom stereocenters. The van der Waals surface area contributed by atoms with Gasteiger partial charge in [0.15, 0.2) is 11.6 Å². The third-order valence-corrected chi connectivity index (χ3v) is 15.4. The zero-order valence-corrected chi connectivity index (χ0v) is 42.9. The van der Waals surface area contributed by atoms with Crippen molar-refractivity contribution in [2.75, 3.05) is 85.8 Å². The molecule has 2 saturated heterocycles. The van der Waals surface area contributed by atoms with E-state index >= 15 is 0 Å². The quantitative estimate of drug-likeness (QED) is 0.124. The molecule has 0 spiro atoms. The highest BCUT2D eigenvalue weighted by molar-refractivity contribution is 7.22. The molecule has 19 heteroatoms. The van der Waals surface area contributed by atoms with E-state index in [2.05, 4.69) is 36.7 Å². The Morgan fingerprint density at radius 1 is 0.849 bits per heavy atom. The molecule has 73 heavy (non-hydrogen) atoms. The number of carboxylic acids is 1. The van der Waals surface area contributed by atoms with Crippen LogP contribution < -0.4 is 23.7 Å². The second-order valence-corrected chi connectivity index (χ2v) is 20.1. The molecule has 15 nitrogen and oxygen atoms in total. The number of halogens is 3. The van der Waals surface area contributed by atoms with E-state index in [4.69, 9.17) is 56.6 Å². The summed E-state index contributed by atoms with van der Waals surface area (Å²) in [5.74, 6) is 0.813. The number of hydrogen-bond donors (Lipinski definition) is 1. The number of rotatable bonds is 12. The predicted molar refractivity (Wildman–Crippen MR) is 278 cm³/mol. The topological polar surface area (TPSA) is 154 Å². The molecule has 4 aliphatic rings. The van der Waals surface area contributed by atoms with E-state index in [-0.39, 0.29) is 25.5 Å². The predicted octanol–water partition coefficient (Wildman–Crippen LogP) is 9.30. The minimum Gasteiger partial charge on any atom is -0.492 e. The molecule has 1 N–H and O–H groups in total. The molecule has 0 aliphatic carbocycles. The molecule has 4 aliphatic heterocycles. The number of thiophene rings is 1. The molecule has 7 aromatic rings. The SMILES string of the molecule is Cc1c(Cl)c2c(Cl)c(C)c1-c1c(-c3ccc(F)cc3)sc3ncnc(c13)O[C@@H](C(=O)O)Cc1cc(ccc1OCc1ccnc(-c3ccc(OCCN4CCOCC4)cc3)n1)OC[C@@H](CN1CCN(C)CC1)O2. The van der Waals surface area contributed by atoms with E-state index in [1.54, 1.807) is 42.6 Å². The van der Waals surface area contributed by atoms with E-state index in [0.29, 0.717) is 100 Å². The minimum atomic E-state index is -1.48. The number of benzene rings is 4. The van der Waals surface area contributed by atoms with Crippen LogP contribution in [0.4, 0.5) is 4.39 Å². The number of likely N-dealkylation sites (N-methyl/N-ethyl adjacent to an activating group) is 1. The van der Waals surface area contributed by atoms with Gasteiger partial charge >= 0.3 is 5.97 Å². The first-order chi connectivity index (χ1) is 35.4. The average molecular weight is 1050 g/mol.